The van der Waals surface area contributed by atoms with E-state index in [4.69, 9.17) is 0 Å². The van der Waals surface area contributed by atoms with Crippen LogP contribution in [-0.4, -0.2) is 45.8 Å². The summed E-state index contributed by atoms with van der Waals surface area (Å²) in [6.45, 7) is 10.3. The first-order valence-electron chi connectivity index (χ1n) is 3.93. The van der Waals surface area contributed by atoms with Crippen molar-refractivity contribution < 1.29 is 14.6 Å². The molecule has 0 rings (SSSR count). The van der Waals surface area contributed by atoms with E-state index < -0.39 is 13.2 Å². The van der Waals surface area contributed by atoms with Crippen LogP contribution in [0.5, 0.6) is 0 Å². The predicted octanol–water partition coefficient (Wildman–Crippen LogP) is 0.462. The molecule has 0 saturated heterocycles. The molecule has 0 aliphatic rings. The van der Waals surface area contributed by atoms with Crippen LogP contribution in [-0.2, 0) is 9.53 Å². The number of ether oxygens (including phenoxy) is 1. The molecule has 0 aliphatic heterocycles. The van der Waals surface area contributed by atoms with E-state index >= 15 is 0 Å². The molecule has 0 spiro atoms. The number of allylic oxidation sites excluding steroid dienone is 1. The van der Waals surface area contributed by atoms with Gasteiger partial charge in [-0.3, -0.25) is 0 Å². The van der Waals surface area contributed by atoms with Crippen LogP contribution < -0.4 is 5.11 Å². The van der Waals surface area contributed by atoms with Crippen LogP contribution in [0.4, 0.5) is 0 Å². The van der Waals surface area contributed by atoms with Gasteiger partial charge >= 0.3 is 0 Å². The van der Waals surface area contributed by atoms with Gasteiger partial charge in [0.25, 0.3) is 0 Å². The van der Waals surface area contributed by atoms with Crippen molar-refractivity contribution in [3.63, 3.8) is 0 Å². The van der Waals surface area contributed by atoms with Gasteiger partial charge in [0.2, 0.25) is 0 Å². The summed E-state index contributed by atoms with van der Waals surface area (Å²) < 4.78 is 4.14. The van der Waals surface area contributed by atoms with Crippen molar-refractivity contribution in [2.45, 2.75) is 0 Å². The quantitative estimate of drug-likeness (QED) is 0.496. The summed E-state index contributed by atoms with van der Waals surface area (Å²) in [5.74, 6) is -1.18. The molecule has 13 heavy (non-hydrogen) atoms. The Morgan fingerprint density at radius 1 is 1.54 bits per heavy atom. The molecular weight excluding hydrogens is 187 g/mol. The lowest BCUT2D eigenvalue weighted by molar-refractivity contribution is -0.309. The highest BCUT2D eigenvalue weighted by Gasteiger charge is 2.12. The zero-order chi connectivity index (χ0) is 10.9. The largest absolute Gasteiger partial charge is 0.548 e. The van der Waals surface area contributed by atoms with E-state index in [1.54, 1.807) is 0 Å². The Balaban J connectivity index is 0. The molecule has 0 unspecified atom stereocenters. The van der Waals surface area contributed by atoms with E-state index in [0.29, 0.717) is 0 Å². The molecule has 0 aromatic heterocycles. The van der Waals surface area contributed by atoms with Gasteiger partial charge in [0.15, 0.2) is 0 Å². The summed E-state index contributed by atoms with van der Waals surface area (Å²) in [6.07, 6.45) is 3.22. The summed E-state index contributed by atoms with van der Waals surface area (Å²) in [7, 11) is 0.768. The molecule has 0 saturated carbocycles. The second kappa shape index (κ2) is 8.21. The van der Waals surface area contributed by atoms with Crippen LogP contribution in [0.1, 0.15) is 0 Å². The molecule has 0 aliphatic carbocycles. The third-order valence-corrected chi connectivity index (χ3v) is 2.29. The highest BCUT2D eigenvalue weighted by atomic mass is 31.2. The Kier molecular flexibility index (Phi) is 9.53. The maximum Gasteiger partial charge on any atom is 0.0857 e. The van der Waals surface area contributed by atoms with Crippen molar-refractivity contribution in [2.24, 2.45) is 0 Å². The summed E-state index contributed by atoms with van der Waals surface area (Å²) in [5, 5.41) is 9.36. The number of methoxy groups -OCH3 is 1. The van der Waals surface area contributed by atoms with Crippen LogP contribution in [0.25, 0.3) is 0 Å². The fraction of sp³-hybridized carbons (Fsp3) is 0.667. The van der Waals surface area contributed by atoms with Crippen molar-refractivity contribution >= 4 is 13.2 Å². The molecule has 0 N–H and O–H groups in total. The molecular formula is C9H19O3P. The zero-order valence-electron chi connectivity index (χ0n) is 8.87. The van der Waals surface area contributed by atoms with Crippen LogP contribution in [0.2, 0.25) is 0 Å². The van der Waals surface area contributed by atoms with Gasteiger partial charge in [0.1, 0.15) is 0 Å². The Bertz CT molecular complexity index is 149. The van der Waals surface area contributed by atoms with Crippen LogP contribution in [0.3, 0.4) is 0 Å². The smallest absolute Gasteiger partial charge is 0.0857 e. The second-order valence-electron chi connectivity index (χ2n) is 3.57. The van der Waals surface area contributed by atoms with Crippen molar-refractivity contribution in [3.05, 3.63) is 12.7 Å². The number of carboxylic acids is 1. The first kappa shape index (κ1) is 15.1. The number of carbonyl (C=O) groups excluding carboxylic acids is 1. The number of carboxylic acid groups (broad SMARTS) is 1. The summed E-state index contributed by atoms with van der Waals surface area (Å²) in [4.78, 5) is 9.36. The van der Waals surface area contributed by atoms with Gasteiger partial charge in [-0.1, -0.05) is 12.7 Å². The normalized spacial score (nSPS) is 9.85. The lowest BCUT2D eigenvalue weighted by Crippen LogP contribution is -2.26. The lowest BCUT2D eigenvalue weighted by atomic mass is 10.8. The average Bonchev–Trinajstić information content (AvgIpc) is 1.84. The van der Waals surface area contributed by atoms with Gasteiger partial charge in [-0.25, -0.2) is 0 Å². The van der Waals surface area contributed by atoms with E-state index in [1.807, 2.05) is 6.08 Å². The van der Waals surface area contributed by atoms with E-state index in [1.165, 1.54) is 13.3 Å². The fourth-order valence-corrected chi connectivity index (χ4v) is 1.28. The highest BCUT2D eigenvalue weighted by Crippen LogP contribution is 2.45. The minimum atomic E-state index is -1.18. The number of hydrogen-bond donors (Lipinski definition) is 0. The molecule has 0 heterocycles. The highest BCUT2D eigenvalue weighted by molar-refractivity contribution is 7.73. The number of carbonyl (C=O) groups is 1. The van der Waals surface area contributed by atoms with Gasteiger partial charge in [0, 0.05) is 34.4 Å². The molecule has 78 valence electrons. The standard InChI is InChI=1S/C6H14P.C3H6O3/c1-5-6-7(2,3)4;1-6-2-3(4)5/h5H,1,6H2,2-4H3;2H2,1H3,(H,4,5)/q+1;/p-1. The Hall–Kier alpha value is -0.400. The third-order valence-electron chi connectivity index (χ3n) is 0.939. The number of aliphatic carboxylic acids is 1. The molecule has 0 amide bonds. The van der Waals surface area contributed by atoms with Crippen molar-refractivity contribution in [3.8, 4) is 0 Å². The van der Waals surface area contributed by atoms with Gasteiger partial charge in [0.05, 0.1) is 18.7 Å². The third kappa shape index (κ3) is 24.5. The summed E-state index contributed by atoms with van der Waals surface area (Å²) in [5.41, 5.74) is 0. The van der Waals surface area contributed by atoms with Gasteiger partial charge in [-0.2, -0.15) is 0 Å². The second-order valence-corrected chi connectivity index (χ2v) is 8.51. The van der Waals surface area contributed by atoms with Gasteiger partial charge in [-0.15, -0.1) is 0 Å². The van der Waals surface area contributed by atoms with Crippen LogP contribution in [0, 0.1) is 0 Å². The van der Waals surface area contributed by atoms with Crippen LogP contribution >= 0.6 is 7.26 Å². The fourth-order valence-electron chi connectivity index (χ4n) is 0.505. The van der Waals surface area contributed by atoms with E-state index in [9.17, 15) is 9.90 Å². The Labute approximate surface area is 81.1 Å². The van der Waals surface area contributed by atoms with E-state index in [-0.39, 0.29) is 6.61 Å². The van der Waals surface area contributed by atoms with Crippen molar-refractivity contribution in [2.75, 3.05) is 39.9 Å². The minimum Gasteiger partial charge on any atom is -0.548 e. The maximum absolute atomic E-state index is 9.36. The van der Waals surface area contributed by atoms with Crippen molar-refractivity contribution in [1.82, 2.24) is 0 Å². The molecule has 0 aromatic rings. The van der Waals surface area contributed by atoms with Gasteiger partial charge in [-0.05, 0) is 0 Å². The molecule has 0 aromatic carbocycles. The molecule has 4 heteroatoms. The molecule has 0 radical (unpaired) electrons. The van der Waals surface area contributed by atoms with Crippen molar-refractivity contribution in [1.29, 1.82) is 0 Å². The molecule has 0 atom stereocenters. The summed E-state index contributed by atoms with van der Waals surface area (Å²) in [6, 6.07) is 0. The average molecular weight is 206 g/mol. The lowest BCUT2D eigenvalue weighted by Gasteiger charge is -2.06. The monoisotopic (exact) mass is 206 g/mol. The zero-order valence-corrected chi connectivity index (χ0v) is 9.77. The Morgan fingerprint density at radius 2 is 2.00 bits per heavy atom. The van der Waals surface area contributed by atoms with E-state index in [0.717, 1.165) is 0 Å². The first-order chi connectivity index (χ1) is 5.83. The van der Waals surface area contributed by atoms with Crippen LogP contribution in [0.15, 0.2) is 12.7 Å². The first-order valence-corrected chi connectivity index (χ1v) is 7.25. The SMILES string of the molecule is C=CC[P+](C)(C)C.COCC(=O)[O-]. The summed E-state index contributed by atoms with van der Waals surface area (Å²) >= 11 is 0. The molecule has 3 nitrogen and oxygen atoms in total. The molecule has 0 fully saturated rings. The van der Waals surface area contributed by atoms with Gasteiger partial charge < -0.3 is 14.6 Å². The number of hydrogen-bond acceptors (Lipinski definition) is 3. The minimum absolute atomic E-state index is 0.319. The topological polar surface area (TPSA) is 49.4 Å². The molecule has 0 bridgehead atoms. The maximum atomic E-state index is 9.36. The Morgan fingerprint density at radius 3 is 2.00 bits per heavy atom. The van der Waals surface area contributed by atoms with E-state index in [2.05, 4.69) is 31.3 Å². The predicted molar refractivity (Wildman–Crippen MR) is 56.6 cm³/mol. The number of rotatable bonds is 4.